The molecule has 0 spiro atoms. The van der Waals surface area contributed by atoms with Gasteiger partial charge in [-0.15, -0.1) is 0 Å². The van der Waals surface area contributed by atoms with Crippen molar-refractivity contribution in [1.29, 1.82) is 0 Å². The molecule has 25 heavy (non-hydrogen) atoms. The molecule has 3 atom stereocenters. The van der Waals surface area contributed by atoms with E-state index in [-0.39, 0.29) is 23.8 Å². The van der Waals surface area contributed by atoms with Crippen LogP contribution in [-0.2, 0) is 9.53 Å². The first-order chi connectivity index (χ1) is 12.0. The first-order valence-electron chi connectivity index (χ1n) is 8.49. The van der Waals surface area contributed by atoms with Gasteiger partial charge in [0.1, 0.15) is 5.75 Å². The van der Waals surface area contributed by atoms with Gasteiger partial charge in [-0.2, -0.15) is 0 Å². The Morgan fingerprint density at radius 2 is 1.56 bits per heavy atom. The molecule has 0 amide bonds. The molecule has 0 N–H and O–H groups in total. The van der Waals surface area contributed by atoms with E-state index in [4.69, 9.17) is 9.47 Å². The monoisotopic (exact) mass is 341 g/mol. The van der Waals surface area contributed by atoms with Crippen LogP contribution in [0.2, 0.25) is 0 Å². The Morgan fingerprint density at radius 3 is 2.08 bits per heavy atom. The van der Waals surface area contributed by atoms with Gasteiger partial charge in [0.2, 0.25) is 0 Å². The molecule has 0 bridgehead atoms. The molecular formula is C21H27NO3. The van der Waals surface area contributed by atoms with Crippen LogP contribution >= 0.6 is 0 Å². The van der Waals surface area contributed by atoms with Crippen LogP contribution in [0, 0.1) is 11.8 Å². The van der Waals surface area contributed by atoms with Crippen LogP contribution in [0.1, 0.15) is 25.5 Å². The molecule has 0 saturated carbocycles. The number of anilines is 1. The van der Waals surface area contributed by atoms with Crippen molar-refractivity contribution in [3.05, 3.63) is 60.2 Å². The van der Waals surface area contributed by atoms with Crippen LogP contribution in [0.15, 0.2) is 54.6 Å². The van der Waals surface area contributed by atoms with Crippen molar-refractivity contribution in [2.45, 2.75) is 19.9 Å². The number of ether oxygens (including phenoxy) is 2. The Kier molecular flexibility index (Phi) is 6.45. The van der Waals surface area contributed by atoms with Gasteiger partial charge in [-0.1, -0.05) is 44.2 Å². The summed E-state index contributed by atoms with van der Waals surface area (Å²) in [4.78, 5) is 14.3. The zero-order chi connectivity index (χ0) is 18.4. The summed E-state index contributed by atoms with van der Waals surface area (Å²) in [6.45, 7) is 4.02. The first kappa shape index (κ1) is 18.8. The Labute approximate surface area is 150 Å². The predicted molar refractivity (Wildman–Crippen MR) is 101 cm³/mol. The van der Waals surface area contributed by atoms with E-state index < -0.39 is 0 Å². The van der Waals surface area contributed by atoms with Crippen molar-refractivity contribution in [2.24, 2.45) is 11.8 Å². The fraction of sp³-hybridized carbons (Fsp3) is 0.381. The molecule has 0 aliphatic rings. The summed E-state index contributed by atoms with van der Waals surface area (Å²) in [5.74, 6) is 0.473. The van der Waals surface area contributed by atoms with Crippen LogP contribution in [0.3, 0.4) is 0 Å². The maximum atomic E-state index is 12.1. The zero-order valence-corrected chi connectivity index (χ0v) is 15.6. The summed E-state index contributed by atoms with van der Waals surface area (Å²) in [5, 5.41) is 0. The minimum atomic E-state index is -0.219. The summed E-state index contributed by atoms with van der Waals surface area (Å²) in [7, 11) is 5.16. The van der Waals surface area contributed by atoms with E-state index >= 15 is 0 Å². The lowest BCUT2D eigenvalue weighted by Gasteiger charge is -2.37. The quantitative estimate of drug-likeness (QED) is 0.703. The minimum Gasteiger partial charge on any atom is -0.497 e. The van der Waals surface area contributed by atoms with E-state index in [1.807, 2.05) is 37.3 Å². The maximum absolute atomic E-state index is 12.1. The van der Waals surface area contributed by atoms with Crippen molar-refractivity contribution < 1.29 is 14.3 Å². The predicted octanol–water partition coefficient (Wildman–Crippen LogP) is 4.32. The Morgan fingerprint density at radius 1 is 0.960 bits per heavy atom. The molecule has 4 nitrogen and oxygen atoms in total. The number of hydrogen-bond acceptors (Lipinski definition) is 4. The van der Waals surface area contributed by atoms with E-state index in [2.05, 4.69) is 43.1 Å². The van der Waals surface area contributed by atoms with Crippen molar-refractivity contribution >= 4 is 11.7 Å². The summed E-state index contributed by atoms with van der Waals surface area (Å²) in [5.41, 5.74) is 2.24. The minimum absolute atomic E-state index is 0.0300. The number of esters is 1. The van der Waals surface area contributed by atoms with Crippen LogP contribution in [0.5, 0.6) is 5.75 Å². The van der Waals surface area contributed by atoms with E-state index in [1.165, 1.54) is 7.11 Å². The van der Waals surface area contributed by atoms with Crippen LogP contribution in [0.25, 0.3) is 0 Å². The molecule has 134 valence electrons. The van der Waals surface area contributed by atoms with Gasteiger partial charge >= 0.3 is 5.97 Å². The zero-order valence-electron chi connectivity index (χ0n) is 15.6. The molecule has 0 aliphatic carbocycles. The molecule has 0 heterocycles. The third-order valence-electron chi connectivity index (χ3n) is 4.90. The third-order valence-corrected chi connectivity index (χ3v) is 4.90. The Hall–Kier alpha value is -2.49. The fourth-order valence-electron chi connectivity index (χ4n) is 3.18. The van der Waals surface area contributed by atoms with Crippen molar-refractivity contribution in [3.63, 3.8) is 0 Å². The highest BCUT2D eigenvalue weighted by molar-refractivity contribution is 5.72. The topological polar surface area (TPSA) is 38.8 Å². The van der Waals surface area contributed by atoms with E-state index in [0.717, 1.165) is 17.0 Å². The molecular weight excluding hydrogens is 314 g/mol. The average Bonchev–Trinajstić information content (AvgIpc) is 2.67. The summed E-state index contributed by atoms with van der Waals surface area (Å²) in [6.07, 6.45) is 0. The summed E-state index contributed by atoms with van der Waals surface area (Å²) < 4.78 is 10.2. The second-order valence-corrected chi connectivity index (χ2v) is 6.34. The highest BCUT2D eigenvalue weighted by Crippen LogP contribution is 2.36. The number of carbonyl (C=O) groups excluding carboxylic acids is 1. The largest absolute Gasteiger partial charge is 0.497 e. The third kappa shape index (κ3) is 4.32. The highest BCUT2D eigenvalue weighted by atomic mass is 16.5. The second kappa shape index (κ2) is 8.56. The normalized spacial score (nSPS) is 14.3. The van der Waals surface area contributed by atoms with Crippen molar-refractivity contribution in [1.82, 2.24) is 0 Å². The number of hydrogen-bond donors (Lipinski definition) is 0. The molecule has 2 aromatic carbocycles. The molecule has 0 fully saturated rings. The van der Waals surface area contributed by atoms with E-state index in [9.17, 15) is 4.79 Å². The van der Waals surface area contributed by atoms with E-state index in [1.54, 1.807) is 7.11 Å². The number of rotatable bonds is 7. The molecule has 0 saturated heterocycles. The standard InChI is InChI=1S/C21H27NO3/c1-15(16(2)21(23)25-5)20(17-11-13-19(24-4)14-12-17)22(3)18-9-7-6-8-10-18/h6-16,20H,1-5H3/t15?,16?,20-/m0/s1. The van der Waals surface area contributed by atoms with Gasteiger partial charge in [-0.3, -0.25) is 4.79 Å². The Balaban J connectivity index is 2.41. The number of para-hydroxylation sites is 1. The van der Waals surface area contributed by atoms with Gasteiger partial charge in [0.15, 0.2) is 0 Å². The summed E-state index contributed by atoms with van der Waals surface area (Å²) >= 11 is 0. The molecule has 0 aliphatic heterocycles. The lowest BCUT2D eigenvalue weighted by atomic mass is 9.84. The maximum Gasteiger partial charge on any atom is 0.308 e. The molecule has 0 aromatic heterocycles. The average molecular weight is 341 g/mol. The van der Waals surface area contributed by atoms with Gasteiger partial charge in [-0.25, -0.2) is 0 Å². The second-order valence-electron chi connectivity index (χ2n) is 6.34. The molecule has 2 aromatic rings. The SMILES string of the molecule is COC(=O)C(C)C(C)[C@@H](c1ccc(OC)cc1)N(C)c1ccccc1. The van der Waals surface area contributed by atoms with Crippen LogP contribution in [0.4, 0.5) is 5.69 Å². The van der Waals surface area contributed by atoms with Gasteiger partial charge in [0.05, 0.1) is 26.2 Å². The highest BCUT2D eigenvalue weighted by Gasteiger charge is 2.32. The first-order valence-corrected chi connectivity index (χ1v) is 8.49. The van der Waals surface area contributed by atoms with Crippen LogP contribution < -0.4 is 9.64 Å². The van der Waals surface area contributed by atoms with Gasteiger partial charge < -0.3 is 14.4 Å². The van der Waals surface area contributed by atoms with Gasteiger partial charge in [0.25, 0.3) is 0 Å². The Bertz CT molecular complexity index is 669. The number of carbonyl (C=O) groups is 1. The number of nitrogens with zero attached hydrogens (tertiary/aromatic N) is 1. The summed E-state index contributed by atoms with van der Waals surface area (Å²) in [6, 6.07) is 18.2. The smallest absolute Gasteiger partial charge is 0.308 e. The molecule has 4 heteroatoms. The van der Waals surface area contributed by atoms with Crippen molar-refractivity contribution in [2.75, 3.05) is 26.2 Å². The van der Waals surface area contributed by atoms with E-state index in [0.29, 0.717) is 0 Å². The number of benzene rings is 2. The van der Waals surface area contributed by atoms with Gasteiger partial charge in [0, 0.05) is 12.7 Å². The molecule has 2 rings (SSSR count). The molecule has 0 radical (unpaired) electrons. The van der Waals surface area contributed by atoms with Crippen molar-refractivity contribution in [3.8, 4) is 5.75 Å². The molecule has 2 unspecified atom stereocenters. The lowest BCUT2D eigenvalue weighted by Crippen LogP contribution is -2.35. The van der Waals surface area contributed by atoms with Gasteiger partial charge in [-0.05, 0) is 35.7 Å². The fourth-order valence-corrected chi connectivity index (χ4v) is 3.18. The van der Waals surface area contributed by atoms with Crippen LogP contribution in [-0.4, -0.2) is 27.2 Å². The number of methoxy groups -OCH3 is 2. The lowest BCUT2D eigenvalue weighted by molar-refractivity contribution is -0.146.